The second kappa shape index (κ2) is 4.68. The summed E-state index contributed by atoms with van der Waals surface area (Å²) in [6, 6.07) is 10.2. The summed E-state index contributed by atoms with van der Waals surface area (Å²) in [4.78, 5) is 17.9. The highest BCUT2D eigenvalue weighted by Crippen LogP contribution is 2.33. The van der Waals surface area contributed by atoms with Gasteiger partial charge in [0.15, 0.2) is 0 Å². The van der Waals surface area contributed by atoms with Crippen LogP contribution >= 0.6 is 22.7 Å². The maximum atomic E-state index is 12.0. The van der Waals surface area contributed by atoms with E-state index in [9.17, 15) is 4.79 Å². The molecule has 0 bridgehead atoms. The molecule has 0 spiro atoms. The molecule has 20 heavy (non-hydrogen) atoms. The fourth-order valence-corrected chi connectivity index (χ4v) is 3.87. The molecule has 0 unspecified atom stereocenters. The van der Waals surface area contributed by atoms with Gasteiger partial charge in [-0.2, -0.15) is 0 Å². The van der Waals surface area contributed by atoms with Gasteiger partial charge in [-0.3, -0.25) is 4.79 Å². The van der Waals surface area contributed by atoms with E-state index in [1.54, 1.807) is 22.7 Å². The molecular weight excluding hydrogens is 288 g/mol. The van der Waals surface area contributed by atoms with Gasteiger partial charge >= 0.3 is 0 Å². The lowest BCUT2D eigenvalue weighted by Gasteiger charge is -2.02. The van der Waals surface area contributed by atoms with Crippen molar-refractivity contribution in [3.63, 3.8) is 0 Å². The molecule has 2 heterocycles. The summed E-state index contributed by atoms with van der Waals surface area (Å²) in [5.41, 5.74) is 1.69. The van der Waals surface area contributed by atoms with E-state index in [2.05, 4.69) is 21.7 Å². The number of hydrogen-bond donors (Lipinski definition) is 1. The van der Waals surface area contributed by atoms with E-state index >= 15 is 0 Å². The third kappa shape index (κ3) is 2.23. The van der Waals surface area contributed by atoms with Crippen LogP contribution in [-0.4, -0.2) is 16.9 Å². The molecule has 1 amide bonds. The van der Waals surface area contributed by atoms with Crippen LogP contribution in [0.25, 0.3) is 20.1 Å². The summed E-state index contributed by atoms with van der Waals surface area (Å²) in [5, 5.41) is 6.09. The summed E-state index contributed by atoms with van der Waals surface area (Å²) in [5.74, 6) is 0.0282. The largest absolute Gasteiger partial charge is 0.349 e. The molecule has 3 nitrogen and oxygen atoms in total. The first-order valence-corrected chi connectivity index (χ1v) is 8.24. The Kier molecular flexibility index (Phi) is 2.82. The van der Waals surface area contributed by atoms with Crippen LogP contribution in [0.3, 0.4) is 0 Å². The first kappa shape index (κ1) is 12.1. The molecule has 1 aromatic carbocycles. The quantitative estimate of drug-likeness (QED) is 0.796. The Labute approximate surface area is 124 Å². The molecule has 5 heteroatoms. The summed E-state index contributed by atoms with van der Waals surface area (Å²) < 4.78 is 1.07. The van der Waals surface area contributed by atoms with Gasteiger partial charge in [-0.05, 0) is 42.5 Å². The van der Waals surface area contributed by atoms with Gasteiger partial charge in [-0.1, -0.05) is 6.07 Å². The molecule has 1 aliphatic rings. The molecule has 0 atom stereocenters. The van der Waals surface area contributed by atoms with Crippen molar-refractivity contribution < 1.29 is 4.79 Å². The Morgan fingerprint density at radius 3 is 2.95 bits per heavy atom. The fraction of sp³-hybridized carbons (Fsp3) is 0.200. The normalized spacial score (nSPS) is 14.6. The highest BCUT2D eigenvalue weighted by Gasteiger charge is 2.24. The number of fused-ring (bicyclic) bond motifs is 1. The first-order chi connectivity index (χ1) is 9.79. The molecule has 0 aliphatic heterocycles. The number of nitrogens with zero attached hydrogens (tertiary/aromatic N) is 1. The van der Waals surface area contributed by atoms with Gasteiger partial charge in [0.1, 0.15) is 5.01 Å². The lowest BCUT2D eigenvalue weighted by atomic mass is 10.2. The molecule has 1 aliphatic carbocycles. The minimum atomic E-state index is 0.0282. The smallest absolute Gasteiger partial charge is 0.251 e. The van der Waals surface area contributed by atoms with Crippen LogP contribution in [-0.2, 0) is 0 Å². The molecule has 3 aromatic rings. The number of thiazole rings is 1. The van der Waals surface area contributed by atoms with Crippen molar-refractivity contribution in [2.24, 2.45) is 0 Å². The lowest BCUT2D eigenvalue weighted by molar-refractivity contribution is 0.0951. The van der Waals surface area contributed by atoms with Crippen molar-refractivity contribution in [1.29, 1.82) is 0 Å². The summed E-state index contributed by atoms with van der Waals surface area (Å²) in [6.45, 7) is 0. The van der Waals surface area contributed by atoms with E-state index in [1.807, 2.05) is 24.3 Å². The average molecular weight is 300 g/mol. The Morgan fingerprint density at radius 1 is 1.30 bits per heavy atom. The lowest BCUT2D eigenvalue weighted by Crippen LogP contribution is -2.25. The van der Waals surface area contributed by atoms with Crippen LogP contribution in [0.4, 0.5) is 0 Å². The fourth-order valence-electron chi connectivity index (χ4n) is 2.07. The standard InChI is InChI=1S/C15H12N2OS2/c18-14(16-10-4-5-10)9-3-6-11-13(8-9)20-15(17-11)12-2-1-7-19-12/h1-3,6-8,10H,4-5H2,(H,16,18). The van der Waals surface area contributed by atoms with Crippen molar-refractivity contribution in [2.75, 3.05) is 0 Å². The number of thiophene rings is 1. The third-order valence-corrected chi connectivity index (χ3v) is 5.35. The molecule has 1 fully saturated rings. The summed E-state index contributed by atoms with van der Waals surface area (Å²) in [7, 11) is 0. The second-order valence-electron chi connectivity index (χ2n) is 4.93. The van der Waals surface area contributed by atoms with E-state index in [-0.39, 0.29) is 5.91 Å². The molecule has 0 saturated heterocycles. The molecule has 1 N–H and O–H groups in total. The van der Waals surface area contributed by atoms with Gasteiger partial charge in [0.2, 0.25) is 0 Å². The van der Waals surface area contributed by atoms with E-state index < -0.39 is 0 Å². The highest BCUT2D eigenvalue weighted by atomic mass is 32.1. The van der Waals surface area contributed by atoms with E-state index in [0.29, 0.717) is 6.04 Å². The topological polar surface area (TPSA) is 42.0 Å². The maximum Gasteiger partial charge on any atom is 0.251 e. The van der Waals surface area contributed by atoms with E-state index in [0.717, 1.165) is 33.6 Å². The van der Waals surface area contributed by atoms with E-state index in [1.165, 1.54) is 4.88 Å². The molecule has 4 rings (SSSR count). The van der Waals surface area contributed by atoms with Crippen molar-refractivity contribution in [1.82, 2.24) is 10.3 Å². The van der Waals surface area contributed by atoms with E-state index in [4.69, 9.17) is 0 Å². The SMILES string of the molecule is O=C(NC1CC1)c1ccc2nc(-c3cccs3)sc2c1. The molecule has 1 saturated carbocycles. The van der Waals surface area contributed by atoms with Crippen molar-refractivity contribution in [2.45, 2.75) is 18.9 Å². The van der Waals surface area contributed by atoms with Crippen LogP contribution in [0, 0.1) is 0 Å². The van der Waals surface area contributed by atoms with Crippen molar-refractivity contribution >= 4 is 38.8 Å². The number of hydrogen-bond acceptors (Lipinski definition) is 4. The van der Waals surface area contributed by atoms with Crippen molar-refractivity contribution in [3.8, 4) is 9.88 Å². The summed E-state index contributed by atoms with van der Waals surface area (Å²) >= 11 is 3.33. The molecular formula is C15H12N2OS2. The number of rotatable bonds is 3. The van der Waals surface area contributed by atoms with Gasteiger partial charge in [-0.15, -0.1) is 22.7 Å². The minimum absolute atomic E-state index is 0.0282. The molecule has 2 aromatic heterocycles. The van der Waals surface area contributed by atoms with Gasteiger partial charge in [0.25, 0.3) is 5.91 Å². The van der Waals surface area contributed by atoms with Crippen LogP contribution in [0.5, 0.6) is 0 Å². The van der Waals surface area contributed by atoms with Gasteiger partial charge in [0, 0.05) is 11.6 Å². The second-order valence-corrected chi connectivity index (χ2v) is 6.90. The van der Waals surface area contributed by atoms with Crippen LogP contribution in [0.15, 0.2) is 35.7 Å². The number of carbonyl (C=O) groups is 1. The average Bonchev–Trinajstić information content (AvgIpc) is 2.96. The zero-order chi connectivity index (χ0) is 13.5. The zero-order valence-corrected chi connectivity index (χ0v) is 12.3. The minimum Gasteiger partial charge on any atom is -0.349 e. The van der Waals surface area contributed by atoms with Gasteiger partial charge in [-0.25, -0.2) is 4.98 Å². The number of benzene rings is 1. The third-order valence-electron chi connectivity index (χ3n) is 3.30. The first-order valence-electron chi connectivity index (χ1n) is 6.55. The maximum absolute atomic E-state index is 12.0. The molecule has 0 radical (unpaired) electrons. The number of aromatic nitrogens is 1. The number of amides is 1. The zero-order valence-electron chi connectivity index (χ0n) is 10.6. The number of carbonyl (C=O) groups excluding carboxylic acids is 1. The highest BCUT2D eigenvalue weighted by molar-refractivity contribution is 7.25. The van der Waals surface area contributed by atoms with Crippen LogP contribution in [0.1, 0.15) is 23.2 Å². The Hall–Kier alpha value is -1.72. The Balaban J connectivity index is 1.69. The van der Waals surface area contributed by atoms with Crippen LogP contribution in [0.2, 0.25) is 0 Å². The monoisotopic (exact) mass is 300 g/mol. The number of nitrogens with one attached hydrogen (secondary N) is 1. The Bertz CT molecular complexity index is 772. The predicted octanol–water partition coefficient (Wildman–Crippen LogP) is 3.92. The van der Waals surface area contributed by atoms with Crippen molar-refractivity contribution in [3.05, 3.63) is 41.3 Å². The predicted molar refractivity (Wildman–Crippen MR) is 83.4 cm³/mol. The Morgan fingerprint density at radius 2 is 2.20 bits per heavy atom. The van der Waals surface area contributed by atoms with Crippen LogP contribution < -0.4 is 5.32 Å². The molecule has 100 valence electrons. The van der Waals surface area contributed by atoms with Gasteiger partial charge in [0.05, 0.1) is 15.1 Å². The summed E-state index contributed by atoms with van der Waals surface area (Å²) in [6.07, 6.45) is 2.22. The van der Waals surface area contributed by atoms with Gasteiger partial charge < -0.3 is 5.32 Å².